The minimum atomic E-state index is -3.71. The van der Waals surface area contributed by atoms with Crippen LogP contribution in [0.25, 0.3) is 0 Å². The van der Waals surface area contributed by atoms with Gasteiger partial charge >= 0.3 is 0 Å². The van der Waals surface area contributed by atoms with Gasteiger partial charge in [0, 0.05) is 30.7 Å². The van der Waals surface area contributed by atoms with E-state index in [1.165, 1.54) is 12.1 Å². The first-order valence-electron chi connectivity index (χ1n) is 9.04. The summed E-state index contributed by atoms with van der Waals surface area (Å²) < 4.78 is 22.5. The van der Waals surface area contributed by atoms with Crippen LogP contribution in [0.1, 0.15) is 33.1 Å². The molecule has 0 radical (unpaired) electrons. The molecule has 1 aromatic carbocycles. The lowest BCUT2D eigenvalue weighted by atomic mass is 10.0. The Bertz CT molecular complexity index is 696. The average molecular weight is 383 g/mol. The molecule has 0 aromatic heterocycles. The number of carbonyl (C=O) groups excluding carboxylic acids is 1. The summed E-state index contributed by atoms with van der Waals surface area (Å²) in [5.74, 6) is -0.0835. The van der Waals surface area contributed by atoms with Crippen LogP contribution in [0.15, 0.2) is 29.2 Å². The van der Waals surface area contributed by atoms with Gasteiger partial charge in [0.05, 0.1) is 4.90 Å². The zero-order chi connectivity index (χ0) is 19.3. The molecule has 1 saturated heterocycles. The number of anilines is 1. The van der Waals surface area contributed by atoms with Gasteiger partial charge in [0.1, 0.15) is 0 Å². The maximum atomic E-state index is 12.1. The zero-order valence-electron chi connectivity index (χ0n) is 15.8. The molecule has 0 unspecified atom stereocenters. The number of sulfonamides is 1. The number of nitrogens with two attached hydrogens (primary N) is 1. The van der Waals surface area contributed by atoms with Crippen LogP contribution in [0, 0.1) is 0 Å². The van der Waals surface area contributed by atoms with E-state index in [1.54, 1.807) is 12.1 Å². The standard InChI is InChI=1S/C18H30N4O3S/c1-14(2)22-12-8-16(9-13-22)21(3)11-10-18(23)20-15-4-6-17(7-5-15)26(19,24)25/h4-7,14,16H,8-13H2,1-3H3,(H,20,23)(H2,19,24,25). The van der Waals surface area contributed by atoms with E-state index in [0.717, 1.165) is 25.9 Å². The van der Waals surface area contributed by atoms with Crippen molar-refractivity contribution < 1.29 is 13.2 Å². The van der Waals surface area contributed by atoms with Gasteiger partial charge in [0.15, 0.2) is 0 Å². The Balaban J connectivity index is 1.76. The average Bonchev–Trinajstić information content (AvgIpc) is 2.59. The molecular formula is C18H30N4O3S. The third-order valence-electron chi connectivity index (χ3n) is 5.01. The van der Waals surface area contributed by atoms with E-state index in [-0.39, 0.29) is 10.8 Å². The van der Waals surface area contributed by atoms with Crippen LogP contribution in [0.5, 0.6) is 0 Å². The Morgan fingerprint density at radius 1 is 1.27 bits per heavy atom. The Morgan fingerprint density at radius 2 is 1.85 bits per heavy atom. The van der Waals surface area contributed by atoms with Crippen LogP contribution in [-0.2, 0) is 14.8 Å². The fourth-order valence-corrected chi connectivity index (χ4v) is 3.77. The minimum Gasteiger partial charge on any atom is -0.326 e. The number of piperidine rings is 1. The lowest BCUT2D eigenvalue weighted by Crippen LogP contribution is -2.46. The second kappa shape index (κ2) is 8.94. The van der Waals surface area contributed by atoms with Crippen molar-refractivity contribution >= 4 is 21.6 Å². The molecule has 0 aliphatic carbocycles. The number of primary sulfonamides is 1. The molecule has 0 saturated carbocycles. The molecule has 0 atom stereocenters. The number of benzene rings is 1. The topological polar surface area (TPSA) is 95.7 Å². The van der Waals surface area contributed by atoms with E-state index in [9.17, 15) is 13.2 Å². The van der Waals surface area contributed by atoms with Gasteiger partial charge < -0.3 is 15.1 Å². The second-order valence-electron chi connectivity index (χ2n) is 7.21. The lowest BCUT2D eigenvalue weighted by Gasteiger charge is -2.38. The molecular weight excluding hydrogens is 352 g/mol. The fourth-order valence-electron chi connectivity index (χ4n) is 3.25. The van der Waals surface area contributed by atoms with Crippen LogP contribution in [0.2, 0.25) is 0 Å². The van der Waals surface area contributed by atoms with E-state index in [4.69, 9.17) is 5.14 Å². The van der Waals surface area contributed by atoms with Gasteiger partial charge in [-0.3, -0.25) is 4.79 Å². The van der Waals surface area contributed by atoms with Crippen molar-refractivity contribution in [1.82, 2.24) is 9.80 Å². The summed E-state index contributed by atoms with van der Waals surface area (Å²) in [6.45, 7) is 7.37. The molecule has 0 spiro atoms. The van der Waals surface area contributed by atoms with Crippen molar-refractivity contribution in [3.63, 3.8) is 0 Å². The van der Waals surface area contributed by atoms with Crippen molar-refractivity contribution in [3.8, 4) is 0 Å². The molecule has 1 aliphatic rings. The summed E-state index contributed by atoms with van der Waals surface area (Å²) in [5.41, 5.74) is 0.565. The number of likely N-dealkylation sites (tertiary alicyclic amines) is 1. The number of hydrogen-bond donors (Lipinski definition) is 2. The summed E-state index contributed by atoms with van der Waals surface area (Å²) in [6.07, 6.45) is 2.66. The lowest BCUT2D eigenvalue weighted by molar-refractivity contribution is -0.116. The molecule has 1 amide bonds. The quantitative estimate of drug-likeness (QED) is 0.744. The smallest absolute Gasteiger partial charge is 0.238 e. The highest BCUT2D eigenvalue weighted by Gasteiger charge is 2.23. The third kappa shape index (κ3) is 6.05. The number of nitrogens with zero attached hydrogens (tertiary/aromatic N) is 2. The largest absolute Gasteiger partial charge is 0.326 e. The molecule has 1 heterocycles. The maximum Gasteiger partial charge on any atom is 0.238 e. The van der Waals surface area contributed by atoms with Crippen LogP contribution in [-0.4, -0.2) is 62.9 Å². The van der Waals surface area contributed by atoms with Crippen molar-refractivity contribution in [2.75, 3.05) is 32.0 Å². The van der Waals surface area contributed by atoms with Gasteiger partial charge in [-0.05, 0) is 71.1 Å². The van der Waals surface area contributed by atoms with E-state index < -0.39 is 10.0 Å². The monoisotopic (exact) mass is 382 g/mol. The molecule has 26 heavy (non-hydrogen) atoms. The molecule has 8 heteroatoms. The van der Waals surface area contributed by atoms with Gasteiger partial charge in [-0.1, -0.05) is 0 Å². The number of rotatable bonds is 7. The SMILES string of the molecule is CC(C)N1CCC(N(C)CCC(=O)Nc2ccc(S(N)(=O)=O)cc2)CC1. The highest BCUT2D eigenvalue weighted by Crippen LogP contribution is 2.18. The van der Waals surface area contributed by atoms with E-state index in [2.05, 4.69) is 36.0 Å². The zero-order valence-corrected chi connectivity index (χ0v) is 16.6. The predicted octanol–water partition coefficient (Wildman–Crippen LogP) is 1.47. The van der Waals surface area contributed by atoms with Crippen LogP contribution < -0.4 is 10.5 Å². The highest BCUT2D eigenvalue weighted by molar-refractivity contribution is 7.89. The summed E-state index contributed by atoms with van der Waals surface area (Å²) in [7, 11) is -1.64. The van der Waals surface area contributed by atoms with Crippen molar-refractivity contribution in [3.05, 3.63) is 24.3 Å². The first-order valence-corrected chi connectivity index (χ1v) is 10.6. The second-order valence-corrected chi connectivity index (χ2v) is 8.77. The molecule has 1 fully saturated rings. The summed E-state index contributed by atoms with van der Waals surface area (Å²) in [6, 6.07) is 6.98. The fraction of sp³-hybridized carbons (Fsp3) is 0.611. The third-order valence-corrected chi connectivity index (χ3v) is 5.94. The maximum absolute atomic E-state index is 12.1. The number of hydrogen-bond acceptors (Lipinski definition) is 5. The van der Waals surface area contributed by atoms with Crippen LogP contribution in [0.4, 0.5) is 5.69 Å². The van der Waals surface area contributed by atoms with E-state index in [0.29, 0.717) is 30.7 Å². The predicted molar refractivity (Wildman–Crippen MR) is 103 cm³/mol. The molecule has 0 bridgehead atoms. The Kier molecular flexibility index (Phi) is 7.16. The minimum absolute atomic E-state index is 0.0305. The number of nitrogens with one attached hydrogen (secondary N) is 1. The Morgan fingerprint density at radius 3 is 2.35 bits per heavy atom. The molecule has 146 valence electrons. The van der Waals surface area contributed by atoms with Crippen LogP contribution in [0.3, 0.4) is 0 Å². The Labute approximate surface area is 156 Å². The molecule has 7 nitrogen and oxygen atoms in total. The van der Waals surface area contributed by atoms with Gasteiger partial charge in [0.2, 0.25) is 15.9 Å². The molecule has 1 aliphatic heterocycles. The van der Waals surface area contributed by atoms with Gasteiger partial charge in [0.25, 0.3) is 0 Å². The first kappa shape index (κ1) is 20.8. The Hall–Kier alpha value is -1.48. The number of amides is 1. The van der Waals surface area contributed by atoms with Crippen molar-refractivity contribution in [1.29, 1.82) is 0 Å². The summed E-state index contributed by atoms with van der Waals surface area (Å²) >= 11 is 0. The van der Waals surface area contributed by atoms with Crippen LogP contribution >= 0.6 is 0 Å². The normalized spacial score (nSPS) is 17.0. The first-order chi connectivity index (χ1) is 12.2. The van der Waals surface area contributed by atoms with Crippen molar-refractivity contribution in [2.24, 2.45) is 5.14 Å². The van der Waals surface area contributed by atoms with Crippen molar-refractivity contribution in [2.45, 2.75) is 50.1 Å². The molecule has 3 N–H and O–H groups in total. The van der Waals surface area contributed by atoms with Gasteiger partial charge in [-0.15, -0.1) is 0 Å². The molecule has 2 rings (SSSR count). The van der Waals surface area contributed by atoms with Gasteiger partial charge in [-0.2, -0.15) is 0 Å². The highest BCUT2D eigenvalue weighted by atomic mass is 32.2. The van der Waals surface area contributed by atoms with Gasteiger partial charge in [-0.25, -0.2) is 13.6 Å². The number of carbonyl (C=O) groups is 1. The summed E-state index contributed by atoms with van der Waals surface area (Å²) in [4.78, 5) is 16.9. The molecule has 1 aromatic rings. The van der Waals surface area contributed by atoms with E-state index >= 15 is 0 Å². The summed E-state index contributed by atoms with van der Waals surface area (Å²) in [5, 5.41) is 7.85. The van der Waals surface area contributed by atoms with E-state index in [1.807, 2.05) is 0 Å².